The van der Waals surface area contributed by atoms with Gasteiger partial charge in [-0.25, -0.2) is 10.2 Å². The summed E-state index contributed by atoms with van der Waals surface area (Å²) in [5.41, 5.74) is 3.68. The van der Waals surface area contributed by atoms with Gasteiger partial charge in [0, 0.05) is 4.47 Å². The first-order valence-corrected chi connectivity index (χ1v) is 10.4. The molecule has 9 heteroatoms. The van der Waals surface area contributed by atoms with Gasteiger partial charge in [-0.1, -0.05) is 28.1 Å². The number of methoxy groups -OCH3 is 1. The summed E-state index contributed by atoms with van der Waals surface area (Å²) in [4.78, 5) is 24.3. The molecule has 3 aromatic rings. The Kier molecular flexibility index (Phi) is 8.16. The minimum absolute atomic E-state index is 0.246. The Morgan fingerprint density at radius 3 is 2.55 bits per heavy atom. The third-order valence-electron chi connectivity index (χ3n) is 4.24. The van der Waals surface area contributed by atoms with Crippen molar-refractivity contribution in [2.75, 3.05) is 13.7 Å². The molecule has 0 bridgehead atoms. The van der Waals surface area contributed by atoms with Crippen molar-refractivity contribution >= 4 is 34.0 Å². The highest BCUT2D eigenvalue weighted by molar-refractivity contribution is 9.10. The van der Waals surface area contributed by atoms with Crippen molar-refractivity contribution in [3.63, 3.8) is 0 Å². The average molecular weight is 508 g/mol. The summed E-state index contributed by atoms with van der Waals surface area (Å²) in [6.45, 7) is -0.301. The number of ether oxygens (including phenoxy) is 3. The van der Waals surface area contributed by atoms with Gasteiger partial charge in [0.05, 0.1) is 24.5 Å². The van der Waals surface area contributed by atoms with Crippen LogP contribution in [0.15, 0.2) is 76.3 Å². The van der Waals surface area contributed by atoms with Crippen LogP contribution in [0.1, 0.15) is 21.5 Å². The molecule has 0 heterocycles. The van der Waals surface area contributed by atoms with Crippen LogP contribution in [0.2, 0.25) is 0 Å². The molecule has 0 spiro atoms. The standard InChI is InChI=1S/C24H18BrN3O5/c1-31-22-12-16(6-11-21(22)33-24(30)17-7-9-19(25)10-8-17)14-27-28-23(29)15-32-20-5-3-2-4-18(20)13-26/h2-12,14H,15H2,1H3,(H,28,29)/b27-14+. The van der Waals surface area contributed by atoms with E-state index in [-0.39, 0.29) is 12.4 Å². The Morgan fingerprint density at radius 2 is 1.82 bits per heavy atom. The van der Waals surface area contributed by atoms with Crippen LogP contribution in [0.3, 0.4) is 0 Å². The maximum Gasteiger partial charge on any atom is 0.343 e. The normalized spacial score (nSPS) is 10.3. The molecule has 0 radical (unpaired) electrons. The number of para-hydroxylation sites is 1. The van der Waals surface area contributed by atoms with E-state index in [9.17, 15) is 9.59 Å². The predicted molar refractivity (Wildman–Crippen MR) is 124 cm³/mol. The lowest BCUT2D eigenvalue weighted by atomic mass is 10.2. The molecule has 0 aliphatic heterocycles. The number of amides is 1. The summed E-state index contributed by atoms with van der Waals surface area (Å²) in [5.74, 6) is -0.126. The number of rotatable bonds is 8. The molecule has 0 aliphatic carbocycles. The number of halogens is 1. The highest BCUT2D eigenvalue weighted by Gasteiger charge is 2.13. The van der Waals surface area contributed by atoms with Crippen molar-refractivity contribution in [1.82, 2.24) is 5.43 Å². The van der Waals surface area contributed by atoms with Crippen molar-refractivity contribution in [2.45, 2.75) is 0 Å². The third kappa shape index (κ3) is 6.66. The average Bonchev–Trinajstić information content (AvgIpc) is 2.84. The molecule has 0 saturated carbocycles. The molecular formula is C24H18BrN3O5. The minimum atomic E-state index is -0.521. The second-order valence-electron chi connectivity index (χ2n) is 6.50. The van der Waals surface area contributed by atoms with Crippen LogP contribution in [-0.2, 0) is 4.79 Å². The first kappa shape index (κ1) is 23.5. The van der Waals surface area contributed by atoms with Crippen LogP contribution in [0, 0.1) is 11.3 Å². The van der Waals surface area contributed by atoms with Crippen LogP contribution < -0.4 is 19.6 Å². The Bertz CT molecular complexity index is 1220. The lowest BCUT2D eigenvalue weighted by Gasteiger charge is -2.10. The zero-order valence-corrected chi connectivity index (χ0v) is 19.0. The first-order chi connectivity index (χ1) is 16.0. The Morgan fingerprint density at radius 1 is 1.06 bits per heavy atom. The van der Waals surface area contributed by atoms with Gasteiger partial charge < -0.3 is 14.2 Å². The zero-order valence-electron chi connectivity index (χ0n) is 17.4. The Hall–Kier alpha value is -4.16. The van der Waals surface area contributed by atoms with Gasteiger partial charge in [0.25, 0.3) is 5.91 Å². The summed E-state index contributed by atoms with van der Waals surface area (Å²) < 4.78 is 16.9. The number of esters is 1. The number of carbonyl (C=O) groups excluding carboxylic acids is 2. The largest absolute Gasteiger partial charge is 0.493 e. The quantitative estimate of drug-likeness (QED) is 0.213. The van der Waals surface area contributed by atoms with E-state index >= 15 is 0 Å². The van der Waals surface area contributed by atoms with Gasteiger partial charge in [0.2, 0.25) is 0 Å². The van der Waals surface area contributed by atoms with Gasteiger partial charge in [-0.2, -0.15) is 10.4 Å². The topological polar surface area (TPSA) is 110 Å². The minimum Gasteiger partial charge on any atom is -0.493 e. The van der Waals surface area contributed by atoms with Crippen molar-refractivity contribution < 1.29 is 23.8 Å². The van der Waals surface area contributed by atoms with Crippen molar-refractivity contribution in [3.8, 4) is 23.3 Å². The Balaban J connectivity index is 1.57. The molecule has 0 aromatic heterocycles. The number of hydrazone groups is 1. The molecule has 0 unspecified atom stereocenters. The second kappa shape index (κ2) is 11.5. The van der Waals surface area contributed by atoms with E-state index in [1.54, 1.807) is 66.7 Å². The van der Waals surface area contributed by atoms with E-state index in [2.05, 4.69) is 26.5 Å². The molecule has 0 atom stereocenters. The van der Waals surface area contributed by atoms with Gasteiger partial charge >= 0.3 is 5.97 Å². The lowest BCUT2D eigenvalue weighted by Crippen LogP contribution is -2.24. The van der Waals surface area contributed by atoms with Crippen LogP contribution in [0.25, 0.3) is 0 Å². The molecule has 0 fully saturated rings. The van der Waals surface area contributed by atoms with E-state index < -0.39 is 11.9 Å². The number of carbonyl (C=O) groups is 2. The van der Waals surface area contributed by atoms with Crippen LogP contribution >= 0.6 is 15.9 Å². The summed E-state index contributed by atoms with van der Waals surface area (Å²) in [6.07, 6.45) is 1.41. The Labute approximate surface area is 198 Å². The zero-order chi connectivity index (χ0) is 23.6. The fraction of sp³-hybridized carbons (Fsp3) is 0.0833. The van der Waals surface area contributed by atoms with E-state index in [1.807, 2.05) is 6.07 Å². The molecule has 166 valence electrons. The summed E-state index contributed by atoms with van der Waals surface area (Å²) >= 11 is 3.32. The number of hydrogen-bond donors (Lipinski definition) is 1. The van der Waals surface area contributed by atoms with E-state index in [0.29, 0.717) is 28.2 Å². The van der Waals surface area contributed by atoms with Gasteiger partial charge in [-0.3, -0.25) is 4.79 Å². The highest BCUT2D eigenvalue weighted by atomic mass is 79.9. The van der Waals surface area contributed by atoms with Gasteiger partial charge in [0.1, 0.15) is 11.8 Å². The summed E-state index contributed by atoms with van der Waals surface area (Å²) in [7, 11) is 1.45. The molecule has 33 heavy (non-hydrogen) atoms. The van der Waals surface area contributed by atoms with Gasteiger partial charge in [-0.05, 0) is 60.2 Å². The van der Waals surface area contributed by atoms with Crippen molar-refractivity contribution in [3.05, 3.63) is 87.9 Å². The molecule has 0 aliphatic rings. The summed E-state index contributed by atoms with van der Waals surface area (Å²) in [6, 6.07) is 20.2. The smallest absolute Gasteiger partial charge is 0.343 e. The number of nitrogens with one attached hydrogen (secondary N) is 1. The van der Waals surface area contributed by atoms with Crippen molar-refractivity contribution in [2.24, 2.45) is 5.10 Å². The van der Waals surface area contributed by atoms with Gasteiger partial charge in [0.15, 0.2) is 18.1 Å². The third-order valence-corrected chi connectivity index (χ3v) is 4.77. The number of nitriles is 1. The molecule has 1 amide bonds. The number of nitrogens with zero attached hydrogens (tertiary/aromatic N) is 2. The molecule has 8 nitrogen and oxygen atoms in total. The fourth-order valence-electron chi connectivity index (χ4n) is 2.63. The molecule has 0 saturated heterocycles. The van der Waals surface area contributed by atoms with Crippen LogP contribution in [0.5, 0.6) is 17.2 Å². The SMILES string of the molecule is COc1cc(/C=N/NC(=O)COc2ccccc2C#N)ccc1OC(=O)c1ccc(Br)cc1. The second-order valence-corrected chi connectivity index (χ2v) is 7.41. The molecular weight excluding hydrogens is 490 g/mol. The van der Waals surface area contributed by atoms with Crippen LogP contribution in [-0.4, -0.2) is 31.8 Å². The van der Waals surface area contributed by atoms with E-state index in [0.717, 1.165) is 4.47 Å². The molecule has 3 aromatic carbocycles. The van der Waals surface area contributed by atoms with Crippen molar-refractivity contribution in [1.29, 1.82) is 5.26 Å². The number of benzene rings is 3. The first-order valence-electron chi connectivity index (χ1n) is 9.60. The van der Waals surface area contributed by atoms with E-state index in [1.165, 1.54) is 13.3 Å². The lowest BCUT2D eigenvalue weighted by molar-refractivity contribution is -0.123. The predicted octanol–water partition coefficient (Wildman–Crippen LogP) is 4.08. The maximum atomic E-state index is 12.3. The maximum absolute atomic E-state index is 12.3. The monoisotopic (exact) mass is 507 g/mol. The fourth-order valence-corrected chi connectivity index (χ4v) is 2.90. The van der Waals surface area contributed by atoms with E-state index in [4.69, 9.17) is 19.5 Å². The van der Waals surface area contributed by atoms with Gasteiger partial charge in [-0.15, -0.1) is 0 Å². The number of hydrogen-bond acceptors (Lipinski definition) is 7. The highest BCUT2D eigenvalue weighted by Crippen LogP contribution is 2.28. The van der Waals surface area contributed by atoms with Crippen LogP contribution in [0.4, 0.5) is 0 Å². The molecule has 1 N–H and O–H groups in total. The summed E-state index contributed by atoms with van der Waals surface area (Å²) in [5, 5.41) is 12.9. The molecule has 3 rings (SSSR count).